The second kappa shape index (κ2) is 5.69. The van der Waals surface area contributed by atoms with E-state index in [1.807, 2.05) is 16.3 Å². The Morgan fingerprint density at radius 3 is 2.88 bits per heavy atom. The van der Waals surface area contributed by atoms with Crippen molar-refractivity contribution in [3.8, 4) is 0 Å². The summed E-state index contributed by atoms with van der Waals surface area (Å²) in [5.74, 6) is 0.124. The van der Waals surface area contributed by atoms with Crippen molar-refractivity contribution < 1.29 is 4.79 Å². The highest BCUT2D eigenvalue weighted by Crippen LogP contribution is 2.32. The molecule has 1 aromatic rings. The van der Waals surface area contributed by atoms with Crippen LogP contribution in [-0.2, 0) is 0 Å². The minimum Gasteiger partial charge on any atom is -0.337 e. The van der Waals surface area contributed by atoms with E-state index in [2.05, 4.69) is 22.9 Å². The summed E-state index contributed by atoms with van der Waals surface area (Å²) in [6.45, 7) is 4.37. The lowest BCUT2D eigenvalue weighted by molar-refractivity contribution is 0.0781. The molecule has 2 N–H and O–H groups in total. The van der Waals surface area contributed by atoms with E-state index in [0.717, 1.165) is 28.9 Å². The Kier molecular flexibility index (Phi) is 5.01. The maximum absolute atomic E-state index is 12.2. The Morgan fingerprint density at radius 2 is 2.41 bits per heavy atom. The molecule has 1 amide bonds. The van der Waals surface area contributed by atoms with E-state index >= 15 is 0 Å². The average molecular weight is 340 g/mol. The summed E-state index contributed by atoms with van der Waals surface area (Å²) in [7, 11) is 0. The molecule has 0 spiro atoms. The lowest BCUT2D eigenvalue weighted by Crippen LogP contribution is -2.34. The first-order valence-electron chi connectivity index (χ1n) is 5.28. The van der Waals surface area contributed by atoms with Crippen LogP contribution in [0.3, 0.4) is 0 Å². The SMILES string of the molecule is CC1(CN)CCN(C(=O)c2sccc2Br)C1.Cl. The zero-order valence-electron chi connectivity index (χ0n) is 9.61. The third-order valence-corrected chi connectivity index (χ3v) is 4.97. The summed E-state index contributed by atoms with van der Waals surface area (Å²) in [5, 5.41) is 1.93. The molecule has 1 aliphatic heterocycles. The topological polar surface area (TPSA) is 46.3 Å². The first kappa shape index (κ1) is 15.0. The number of nitrogens with zero attached hydrogens (tertiary/aromatic N) is 1. The van der Waals surface area contributed by atoms with Gasteiger partial charge in [-0.25, -0.2) is 0 Å². The Morgan fingerprint density at radius 1 is 1.71 bits per heavy atom. The molecule has 6 heteroatoms. The maximum Gasteiger partial charge on any atom is 0.265 e. The van der Waals surface area contributed by atoms with Crippen molar-refractivity contribution in [2.75, 3.05) is 19.6 Å². The zero-order valence-corrected chi connectivity index (χ0v) is 12.8. The average Bonchev–Trinajstić information content (AvgIpc) is 2.85. The van der Waals surface area contributed by atoms with Crippen LogP contribution in [0.25, 0.3) is 0 Å². The highest BCUT2D eigenvalue weighted by molar-refractivity contribution is 9.10. The zero-order chi connectivity index (χ0) is 11.8. The summed E-state index contributed by atoms with van der Waals surface area (Å²) < 4.78 is 0.892. The molecule has 1 aliphatic rings. The number of likely N-dealkylation sites (tertiary alicyclic amines) is 1. The Labute approximate surface area is 120 Å². The molecule has 3 nitrogen and oxygen atoms in total. The van der Waals surface area contributed by atoms with Gasteiger partial charge in [0.15, 0.2) is 0 Å². The highest BCUT2D eigenvalue weighted by Gasteiger charge is 2.35. The van der Waals surface area contributed by atoms with Gasteiger partial charge in [0.1, 0.15) is 4.88 Å². The van der Waals surface area contributed by atoms with E-state index in [0.29, 0.717) is 6.54 Å². The molecule has 96 valence electrons. The molecule has 0 saturated carbocycles. The summed E-state index contributed by atoms with van der Waals surface area (Å²) >= 11 is 4.88. The highest BCUT2D eigenvalue weighted by atomic mass is 79.9. The normalized spacial score (nSPS) is 23.6. The molecule has 0 aliphatic carbocycles. The second-order valence-corrected chi connectivity index (χ2v) is 6.36. The third kappa shape index (κ3) is 3.02. The van der Waals surface area contributed by atoms with Crippen molar-refractivity contribution in [2.45, 2.75) is 13.3 Å². The van der Waals surface area contributed by atoms with Gasteiger partial charge in [0.05, 0.1) is 0 Å². The fourth-order valence-corrected chi connectivity index (χ4v) is 3.46. The van der Waals surface area contributed by atoms with E-state index in [1.54, 1.807) is 0 Å². The van der Waals surface area contributed by atoms with Gasteiger partial charge in [-0.15, -0.1) is 23.7 Å². The predicted octanol–water partition coefficient (Wildman–Crippen LogP) is 2.74. The van der Waals surface area contributed by atoms with Gasteiger partial charge in [-0.2, -0.15) is 0 Å². The minimum absolute atomic E-state index is 0. The maximum atomic E-state index is 12.2. The van der Waals surface area contributed by atoms with Gasteiger partial charge in [0.25, 0.3) is 5.91 Å². The first-order valence-corrected chi connectivity index (χ1v) is 6.95. The summed E-state index contributed by atoms with van der Waals surface area (Å²) in [5.41, 5.74) is 5.83. The molecule has 0 radical (unpaired) electrons. The van der Waals surface area contributed by atoms with Crippen molar-refractivity contribution in [1.82, 2.24) is 4.90 Å². The van der Waals surface area contributed by atoms with Crippen molar-refractivity contribution in [3.63, 3.8) is 0 Å². The Balaban J connectivity index is 0.00000144. The number of thiophene rings is 1. The smallest absolute Gasteiger partial charge is 0.265 e. The molecule has 0 bridgehead atoms. The van der Waals surface area contributed by atoms with Crippen LogP contribution in [0.5, 0.6) is 0 Å². The standard InChI is InChI=1S/C11H15BrN2OS.ClH/c1-11(6-13)3-4-14(7-11)10(15)9-8(12)2-5-16-9;/h2,5H,3-4,6-7,13H2,1H3;1H. The van der Waals surface area contributed by atoms with Crippen LogP contribution >= 0.6 is 39.7 Å². The number of rotatable bonds is 2. The molecule has 17 heavy (non-hydrogen) atoms. The number of carbonyl (C=O) groups is 1. The fraction of sp³-hybridized carbons (Fsp3) is 0.545. The first-order chi connectivity index (χ1) is 7.56. The molecule has 0 aromatic carbocycles. The van der Waals surface area contributed by atoms with E-state index in [9.17, 15) is 4.79 Å². The molecule has 1 aromatic heterocycles. The number of carbonyl (C=O) groups excluding carboxylic acids is 1. The van der Waals surface area contributed by atoms with Crippen LogP contribution in [0.2, 0.25) is 0 Å². The van der Waals surface area contributed by atoms with Gasteiger partial charge in [-0.1, -0.05) is 6.92 Å². The number of hydrogen-bond acceptors (Lipinski definition) is 3. The van der Waals surface area contributed by atoms with Gasteiger partial charge in [-0.3, -0.25) is 4.79 Å². The van der Waals surface area contributed by atoms with E-state index < -0.39 is 0 Å². The van der Waals surface area contributed by atoms with Gasteiger partial charge in [0, 0.05) is 17.6 Å². The van der Waals surface area contributed by atoms with Crippen LogP contribution in [0, 0.1) is 5.41 Å². The molecule has 2 heterocycles. The summed E-state index contributed by atoms with van der Waals surface area (Å²) in [6, 6.07) is 1.91. The molecular weight excluding hydrogens is 324 g/mol. The number of amides is 1. The van der Waals surface area contributed by atoms with Crippen molar-refractivity contribution in [1.29, 1.82) is 0 Å². The Hall–Kier alpha value is -0.100. The monoisotopic (exact) mass is 338 g/mol. The molecule has 1 fully saturated rings. The third-order valence-electron chi connectivity index (χ3n) is 3.15. The second-order valence-electron chi connectivity index (χ2n) is 4.59. The number of halogens is 2. The molecule has 1 atom stereocenters. The van der Waals surface area contributed by atoms with Gasteiger partial charge >= 0.3 is 0 Å². The van der Waals surface area contributed by atoms with Crippen molar-refractivity contribution >= 4 is 45.6 Å². The van der Waals surface area contributed by atoms with E-state index in [1.165, 1.54) is 11.3 Å². The van der Waals surface area contributed by atoms with Crippen LogP contribution in [0.1, 0.15) is 23.0 Å². The van der Waals surface area contributed by atoms with Crippen LogP contribution < -0.4 is 5.73 Å². The Bertz CT molecular complexity index is 412. The van der Waals surface area contributed by atoms with Crippen molar-refractivity contribution in [2.24, 2.45) is 11.1 Å². The van der Waals surface area contributed by atoms with Crippen molar-refractivity contribution in [3.05, 3.63) is 20.8 Å². The largest absolute Gasteiger partial charge is 0.337 e. The minimum atomic E-state index is 0. The fourth-order valence-electron chi connectivity index (χ4n) is 1.95. The number of nitrogens with two attached hydrogens (primary N) is 1. The van der Waals surface area contributed by atoms with E-state index in [-0.39, 0.29) is 23.7 Å². The predicted molar refractivity (Wildman–Crippen MR) is 76.9 cm³/mol. The van der Waals surface area contributed by atoms with Gasteiger partial charge < -0.3 is 10.6 Å². The molecule has 1 unspecified atom stereocenters. The molecule has 2 rings (SSSR count). The van der Waals surface area contributed by atoms with Crippen LogP contribution in [-0.4, -0.2) is 30.4 Å². The quantitative estimate of drug-likeness (QED) is 0.900. The van der Waals surface area contributed by atoms with Gasteiger partial charge in [0.2, 0.25) is 0 Å². The summed E-state index contributed by atoms with van der Waals surface area (Å²) in [6.07, 6.45) is 0.998. The van der Waals surface area contributed by atoms with Gasteiger partial charge in [-0.05, 0) is 45.8 Å². The molecular formula is C11H16BrClN2OS. The van der Waals surface area contributed by atoms with E-state index in [4.69, 9.17) is 5.73 Å². The lowest BCUT2D eigenvalue weighted by Gasteiger charge is -2.22. The lowest BCUT2D eigenvalue weighted by atomic mass is 9.90. The van der Waals surface area contributed by atoms with Crippen LogP contribution in [0.4, 0.5) is 0 Å². The van der Waals surface area contributed by atoms with Crippen LogP contribution in [0.15, 0.2) is 15.9 Å². The summed E-state index contributed by atoms with van der Waals surface area (Å²) in [4.78, 5) is 14.9. The number of hydrogen-bond donors (Lipinski definition) is 1. The molecule has 1 saturated heterocycles.